The van der Waals surface area contributed by atoms with E-state index in [-0.39, 0.29) is 12.0 Å². The maximum absolute atomic E-state index is 13.5. The van der Waals surface area contributed by atoms with E-state index >= 15 is 0 Å². The van der Waals surface area contributed by atoms with Crippen LogP contribution in [0.2, 0.25) is 0 Å². The number of benzene rings is 2. The van der Waals surface area contributed by atoms with Crippen LogP contribution in [0.25, 0.3) is 0 Å². The first kappa shape index (κ1) is 13.4. The third-order valence-corrected chi connectivity index (χ3v) is 3.36. The molecule has 1 unspecified atom stereocenters. The Morgan fingerprint density at radius 2 is 1.67 bits per heavy atom. The van der Waals surface area contributed by atoms with Crippen molar-refractivity contribution in [1.29, 1.82) is 0 Å². The first-order chi connectivity index (χ1) is 8.58. The highest BCUT2D eigenvalue weighted by atomic mass is 127. The van der Waals surface area contributed by atoms with Crippen LogP contribution in [-0.2, 0) is 6.42 Å². The van der Waals surface area contributed by atoms with Crippen LogP contribution in [0.15, 0.2) is 42.5 Å². The third kappa shape index (κ3) is 3.05. The maximum Gasteiger partial charge on any atom is 0.129 e. The molecular weight excluding hydrogens is 349 g/mol. The van der Waals surface area contributed by atoms with Crippen LogP contribution in [0.4, 0.5) is 8.78 Å². The van der Waals surface area contributed by atoms with Gasteiger partial charge in [0.05, 0.1) is 6.10 Å². The van der Waals surface area contributed by atoms with E-state index in [0.717, 1.165) is 3.57 Å². The van der Waals surface area contributed by atoms with Crippen molar-refractivity contribution in [2.45, 2.75) is 12.5 Å². The molecule has 0 aliphatic carbocycles. The van der Waals surface area contributed by atoms with Gasteiger partial charge in [0.15, 0.2) is 0 Å². The van der Waals surface area contributed by atoms with Gasteiger partial charge >= 0.3 is 0 Å². The summed E-state index contributed by atoms with van der Waals surface area (Å²) in [4.78, 5) is 0. The molecule has 2 aromatic rings. The summed E-state index contributed by atoms with van der Waals surface area (Å²) in [6.07, 6.45) is -0.982. The van der Waals surface area contributed by atoms with Crippen LogP contribution in [-0.4, -0.2) is 5.11 Å². The molecule has 18 heavy (non-hydrogen) atoms. The van der Waals surface area contributed by atoms with E-state index in [1.807, 2.05) is 6.07 Å². The standard InChI is InChI=1S/C14H11F2IO/c15-12-5-2-6-13(16)11(12)8-14(18)9-3-1-4-10(17)7-9/h1-7,14,18H,8H2. The van der Waals surface area contributed by atoms with E-state index in [4.69, 9.17) is 0 Å². The van der Waals surface area contributed by atoms with Gasteiger partial charge in [0, 0.05) is 15.6 Å². The lowest BCUT2D eigenvalue weighted by molar-refractivity contribution is 0.175. The Labute approximate surface area is 118 Å². The van der Waals surface area contributed by atoms with Gasteiger partial charge in [0.25, 0.3) is 0 Å². The monoisotopic (exact) mass is 360 g/mol. The molecule has 0 amide bonds. The predicted molar refractivity (Wildman–Crippen MR) is 74.2 cm³/mol. The smallest absolute Gasteiger partial charge is 0.129 e. The molecule has 94 valence electrons. The highest BCUT2D eigenvalue weighted by Crippen LogP contribution is 2.23. The zero-order valence-corrected chi connectivity index (χ0v) is 11.6. The lowest BCUT2D eigenvalue weighted by Crippen LogP contribution is -2.05. The van der Waals surface area contributed by atoms with Gasteiger partial charge in [-0.25, -0.2) is 8.78 Å². The topological polar surface area (TPSA) is 20.2 Å². The molecule has 2 aromatic carbocycles. The summed E-state index contributed by atoms with van der Waals surface area (Å²) < 4.78 is 27.9. The zero-order valence-electron chi connectivity index (χ0n) is 9.41. The molecule has 0 heterocycles. The van der Waals surface area contributed by atoms with Gasteiger partial charge in [-0.1, -0.05) is 18.2 Å². The summed E-state index contributed by atoms with van der Waals surface area (Å²) in [6.45, 7) is 0. The minimum atomic E-state index is -0.911. The van der Waals surface area contributed by atoms with Gasteiger partial charge in [0.2, 0.25) is 0 Å². The molecule has 2 rings (SSSR count). The van der Waals surface area contributed by atoms with Gasteiger partial charge in [-0.2, -0.15) is 0 Å². The molecule has 0 aliphatic rings. The van der Waals surface area contributed by atoms with Crippen LogP contribution in [0, 0.1) is 15.2 Å². The average Bonchev–Trinajstić information content (AvgIpc) is 2.34. The maximum atomic E-state index is 13.5. The lowest BCUT2D eigenvalue weighted by Gasteiger charge is -2.12. The molecule has 0 aliphatic heterocycles. The Kier molecular flexibility index (Phi) is 4.29. The second kappa shape index (κ2) is 5.75. The summed E-state index contributed by atoms with van der Waals surface area (Å²) >= 11 is 2.12. The largest absolute Gasteiger partial charge is 0.388 e. The van der Waals surface area contributed by atoms with Crippen molar-refractivity contribution in [3.8, 4) is 0 Å². The first-order valence-corrected chi connectivity index (χ1v) is 6.52. The normalized spacial score (nSPS) is 12.4. The number of hydrogen-bond donors (Lipinski definition) is 1. The van der Waals surface area contributed by atoms with Crippen molar-refractivity contribution in [3.05, 3.63) is 68.8 Å². The van der Waals surface area contributed by atoms with Gasteiger partial charge in [-0.05, 0) is 52.4 Å². The zero-order chi connectivity index (χ0) is 13.1. The van der Waals surface area contributed by atoms with Crippen molar-refractivity contribution in [2.24, 2.45) is 0 Å². The number of aliphatic hydroxyl groups excluding tert-OH is 1. The molecule has 1 nitrogen and oxygen atoms in total. The predicted octanol–water partition coefficient (Wildman–Crippen LogP) is 3.85. The molecule has 1 atom stereocenters. The van der Waals surface area contributed by atoms with E-state index in [2.05, 4.69) is 22.6 Å². The summed E-state index contributed by atoms with van der Waals surface area (Å²) in [6, 6.07) is 10.9. The van der Waals surface area contributed by atoms with Gasteiger partial charge in [0.1, 0.15) is 11.6 Å². The molecular formula is C14H11F2IO. The van der Waals surface area contributed by atoms with Crippen molar-refractivity contribution in [2.75, 3.05) is 0 Å². The fourth-order valence-electron chi connectivity index (χ4n) is 1.75. The Morgan fingerprint density at radius 3 is 2.28 bits per heavy atom. The summed E-state index contributed by atoms with van der Waals surface area (Å²) in [5.74, 6) is -1.25. The summed E-state index contributed by atoms with van der Waals surface area (Å²) in [5.41, 5.74) is 0.577. The molecule has 1 N–H and O–H groups in total. The number of hydrogen-bond acceptors (Lipinski definition) is 1. The second-order valence-electron chi connectivity index (χ2n) is 3.98. The van der Waals surface area contributed by atoms with E-state index in [9.17, 15) is 13.9 Å². The molecule has 0 saturated carbocycles. The molecule has 4 heteroatoms. The summed E-state index contributed by atoms with van der Waals surface area (Å²) in [5, 5.41) is 10.0. The van der Waals surface area contributed by atoms with Crippen LogP contribution < -0.4 is 0 Å². The highest BCUT2D eigenvalue weighted by molar-refractivity contribution is 14.1. The van der Waals surface area contributed by atoms with Gasteiger partial charge in [-0.3, -0.25) is 0 Å². The average molecular weight is 360 g/mol. The molecule has 0 aromatic heterocycles. The molecule has 0 bridgehead atoms. The van der Waals surface area contributed by atoms with Crippen LogP contribution >= 0.6 is 22.6 Å². The van der Waals surface area contributed by atoms with Gasteiger partial charge in [-0.15, -0.1) is 0 Å². The number of halogens is 3. The molecule has 0 fully saturated rings. The minimum Gasteiger partial charge on any atom is -0.388 e. The van der Waals surface area contributed by atoms with Crippen LogP contribution in [0.1, 0.15) is 17.2 Å². The minimum absolute atomic E-state index is 0.0708. The van der Waals surface area contributed by atoms with Crippen molar-refractivity contribution < 1.29 is 13.9 Å². The van der Waals surface area contributed by atoms with E-state index in [1.165, 1.54) is 18.2 Å². The Bertz CT molecular complexity index is 537. The number of rotatable bonds is 3. The van der Waals surface area contributed by atoms with E-state index in [0.29, 0.717) is 5.56 Å². The Hall–Kier alpha value is -1.01. The van der Waals surface area contributed by atoms with E-state index < -0.39 is 17.7 Å². The Morgan fingerprint density at radius 1 is 1.06 bits per heavy atom. The fourth-order valence-corrected chi connectivity index (χ4v) is 2.32. The van der Waals surface area contributed by atoms with E-state index in [1.54, 1.807) is 18.2 Å². The van der Waals surface area contributed by atoms with Crippen molar-refractivity contribution in [3.63, 3.8) is 0 Å². The van der Waals surface area contributed by atoms with Gasteiger partial charge < -0.3 is 5.11 Å². The molecule has 0 saturated heterocycles. The van der Waals surface area contributed by atoms with Crippen molar-refractivity contribution >= 4 is 22.6 Å². The highest BCUT2D eigenvalue weighted by Gasteiger charge is 2.15. The Balaban J connectivity index is 2.24. The van der Waals surface area contributed by atoms with Crippen LogP contribution in [0.5, 0.6) is 0 Å². The van der Waals surface area contributed by atoms with Crippen LogP contribution in [0.3, 0.4) is 0 Å². The summed E-state index contributed by atoms with van der Waals surface area (Å²) in [7, 11) is 0. The lowest BCUT2D eigenvalue weighted by atomic mass is 10.0. The quantitative estimate of drug-likeness (QED) is 0.825. The SMILES string of the molecule is OC(Cc1c(F)cccc1F)c1cccc(I)c1. The van der Waals surface area contributed by atoms with Crippen molar-refractivity contribution in [1.82, 2.24) is 0 Å². The number of aliphatic hydroxyl groups is 1. The molecule has 0 radical (unpaired) electrons. The second-order valence-corrected chi connectivity index (χ2v) is 5.22. The molecule has 0 spiro atoms. The third-order valence-electron chi connectivity index (χ3n) is 2.69. The fraction of sp³-hybridized carbons (Fsp3) is 0.143. The first-order valence-electron chi connectivity index (χ1n) is 5.44.